The molecule has 5 nitrogen and oxygen atoms in total. The molecule has 0 fully saturated rings. The van der Waals surface area contributed by atoms with Crippen molar-refractivity contribution in [3.63, 3.8) is 0 Å². The number of nitrogens with one attached hydrogen (secondary N) is 1. The lowest BCUT2D eigenvalue weighted by Crippen LogP contribution is -2.33. The zero-order chi connectivity index (χ0) is 29.9. The van der Waals surface area contributed by atoms with Gasteiger partial charge >= 0.3 is 0 Å². The minimum Gasteiger partial charge on any atom is -0.365 e. The number of aryl methyl sites for hydroxylation is 1. The van der Waals surface area contributed by atoms with Gasteiger partial charge in [0.2, 0.25) is 0 Å². The van der Waals surface area contributed by atoms with Crippen LogP contribution >= 0.6 is 11.3 Å². The molecule has 0 spiro atoms. The first-order chi connectivity index (χ1) is 19.6. The Morgan fingerprint density at radius 1 is 0.902 bits per heavy atom. The number of anilines is 4. The van der Waals surface area contributed by atoms with Crippen LogP contribution in [0.5, 0.6) is 0 Å². The molecule has 222 valence electrons. The Kier molecular flexibility index (Phi) is 12.5. The van der Waals surface area contributed by atoms with Gasteiger partial charge in [0.15, 0.2) is 5.13 Å². The predicted molar refractivity (Wildman–Crippen MR) is 182 cm³/mol. The summed E-state index contributed by atoms with van der Waals surface area (Å²) in [5, 5.41) is 4.67. The van der Waals surface area contributed by atoms with Crippen molar-refractivity contribution in [2.75, 3.05) is 28.2 Å². The minimum absolute atomic E-state index is 0.437. The topological polar surface area (TPSA) is 44.3 Å². The van der Waals surface area contributed by atoms with E-state index in [2.05, 4.69) is 131 Å². The number of pyridine rings is 1. The molecule has 3 rings (SSSR count). The van der Waals surface area contributed by atoms with E-state index in [1.165, 1.54) is 28.1 Å². The maximum absolute atomic E-state index is 5.04. The van der Waals surface area contributed by atoms with Crippen LogP contribution in [0.1, 0.15) is 86.8 Å². The third-order valence-electron chi connectivity index (χ3n) is 7.37. The molecule has 0 radical (unpaired) electrons. The molecule has 0 bridgehead atoms. The van der Waals surface area contributed by atoms with Crippen molar-refractivity contribution in [1.29, 1.82) is 0 Å². The van der Waals surface area contributed by atoms with Crippen LogP contribution in [0, 0.1) is 6.92 Å². The van der Waals surface area contributed by atoms with Crippen molar-refractivity contribution in [1.82, 2.24) is 9.97 Å². The highest BCUT2D eigenvalue weighted by Gasteiger charge is 2.20. The second kappa shape index (κ2) is 15.8. The zero-order valence-corrected chi connectivity index (χ0v) is 27.6. The number of nitrogens with zero attached hydrogens (tertiary/aromatic N) is 4. The van der Waals surface area contributed by atoms with E-state index in [0.29, 0.717) is 12.1 Å². The number of benzene rings is 1. The third kappa shape index (κ3) is 9.46. The van der Waals surface area contributed by atoms with Crippen LogP contribution in [0.3, 0.4) is 0 Å². The van der Waals surface area contributed by atoms with Crippen LogP contribution in [0.2, 0.25) is 0 Å². The molecule has 1 aromatic carbocycles. The van der Waals surface area contributed by atoms with E-state index >= 15 is 0 Å². The second-order valence-electron chi connectivity index (χ2n) is 11.7. The fourth-order valence-electron chi connectivity index (χ4n) is 5.02. The number of thiazole rings is 1. The summed E-state index contributed by atoms with van der Waals surface area (Å²) in [7, 11) is 0. The first-order valence-corrected chi connectivity index (χ1v) is 16.0. The van der Waals surface area contributed by atoms with Crippen LogP contribution in [0.15, 0.2) is 65.9 Å². The monoisotopic (exact) mass is 573 g/mol. The Labute approximate surface area is 253 Å². The molecule has 41 heavy (non-hydrogen) atoms. The summed E-state index contributed by atoms with van der Waals surface area (Å²) in [6.07, 6.45) is 11.2. The zero-order valence-electron chi connectivity index (χ0n) is 26.8. The Hall–Kier alpha value is -3.12. The highest BCUT2D eigenvalue weighted by Crippen LogP contribution is 2.37. The highest BCUT2D eigenvalue weighted by molar-refractivity contribution is 7.19. The quantitative estimate of drug-likeness (QED) is 0.183. The average Bonchev–Trinajstić information content (AvgIpc) is 3.30. The van der Waals surface area contributed by atoms with E-state index in [1.54, 1.807) is 11.3 Å². The molecule has 2 unspecified atom stereocenters. The van der Waals surface area contributed by atoms with E-state index in [0.717, 1.165) is 60.2 Å². The summed E-state index contributed by atoms with van der Waals surface area (Å²) >= 11 is 1.78. The summed E-state index contributed by atoms with van der Waals surface area (Å²) in [5.74, 6) is 0.840. The van der Waals surface area contributed by atoms with E-state index < -0.39 is 0 Å². The first-order valence-electron chi connectivity index (χ1n) is 15.2. The molecular weight excluding hydrogens is 522 g/mol. The summed E-state index contributed by atoms with van der Waals surface area (Å²) in [4.78, 5) is 15.8. The molecule has 3 aromatic rings. The van der Waals surface area contributed by atoms with Crippen molar-refractivity contribution < 1.29 is 0 Å². The first kappa shape index (κ1) is 32.4. The predicted octanol–water partition coefficient (Wildman–Crippen LogP) is 10.2. The van der Waals surface area contributed by atoms with Crippen molar-refractivity contribution in [3.8, 4) is 10.4 Å². The average molecular weight is 574 g/mol. The van der Waals surface area contributed by atoms with Gasteiger partial charge in [-0.3, -0.25) is 0 Å². The van der Waals surface area contributed by atoms with Gasteiger partial charge in [-0.15, -0.1) is 0 Å². The van der Waals surface area contributed by atoms with Crippen LogP contribution in [-0.2, 0) is 0 Å². The van der Waals surface area contributed by atoms with Crippen molar-refractivity contribution in [2.24, 2.45) is 0 Å². The highest BCUT2D eigenvalue weighted by atomic mass is 32.1. The van der Waals surface area contributed by atoms with Gasteiger partial charge in [-0.2, -0.15) is 0 Å². The molecule has 2 atom stereocenters. The molecule has 2 aromatic heterocycles. The summed E-state index contributed by atoms with van der Waals surface area (Å²) < 4.78 is 0. The fraction of sp³-hybridized carbons (Fsp3) is 0.486. The molecule has 0 saturated carbocycles. The van der Waals surface area contributed by atoms with Gasteiger partial charge in [0.05, 0.1) is 10.6 Å². The lowest BCUT2D eigenvalue weighted by molar-refractivity contribution is 0.598. The van der Waals surface area contributed by atoms with Gasteiger partial charge in [-0.25, -0.2) is 9.97 Å². The number of hydrogen-bond acceptors (Lipinski definition) is 6. The molecular formula is C35H51N5S. The third-order valence-corrected chi connectivity index (χ3v) is 8.62. The van der Waals surface area contributed by atoms with Crippen LogP contribution in [0.25, 0.3) is 10.4 Å². The number of hydrogen-bond donors (Lipinski definition) is 1. The molecule has 6 heteroatoms. The van der Waals surface area contributed by atoms with Crippen molar-refractivity contribution >= 4 is 33.7 Å². The molecule has 1 N–H and O–H groups in total. The lowest BCUT2D eigenvalue weighted by Gasteiger charge is -2.31. The Morgan fingerprint density at radius 2 is 1.54 bits per heavy atom. The largest absolute Gasteiger partial charge is 0.365 e. The van der Waals surface area contributed by atoms with E-state index in [1.807, 2.05) is 6.20 Å². The van der Waals surface area contributed by atoms with Gasteiger partial charge in [-0.05, 0) is 97.2 Å². The van der Waals surface area contributed by atoms with Gasteiger partial charge in [0, 0.05) is 42.7 Å². The van der Waals surface area contributed by atoms with Crippen LogP contribution in [-0.4, -0.2) is 35.1 Å². The molecule has 0 aliphatic heterocycles. The van der Waals surface area contributed by atoms with Gasteiger partial charge in [-0.1, -0.05) is 67.4 Å². The van der Waals surface area contributed by atoms with E-state index in [-0.39, 0.29) is 0 Å². The van der Waals surface area contributed by atoms with Crippen molar-refractivity contribution in [2.45, 2.75) is 100 Å². The summed E-state index contributed by atoms with van der Waals surface area (Å²) in [5.41, 5.74) is 7.16. The van der Waals surface area contributed by atoms with Crippen LogP contribution < -0.4 is 15.1 Å². The molecule has 2 heterocycles. The van der Waals surface area contributed by atoms with Gasteiger partial charge in [0.1, 0.15) is 5.82 Å². The number of rotatable bonds is 15. The Balaban J connectivity index is 1.87. The maximum Gasteiger partial charge on any atom is 0.186 e. The second-order valence-corrected chi connectivity index (χ2v) is 12.6. The number of aromatic nitrogens is 2. The minimum atomic E-state index is 0.437. The van der Waals surface area contributed by atoms with Gasteiger partial charge in [0.25, 0.3) is 0 Å². The summed E-state index contributed by atoms with van der Waals surface area (Å²) in [6.45, 7) is 21.7. The van der Waals surface area contributed by atoms with Crippen LogP contribution in [0.4, 0.5) is 22.3 Å². The summed E-state index contributed by atoms with van der Waals surface area (Å²) in [6, 6.07) is 13.8. The number of allylic oxidation sites excluding steroid dienone is 2. The smallest absolute Gasteiger partial charge is 0.186 e. The molecule has 0 aliphatic carbocycles. The van der Waals surface area contributed by atoms with E-state index in [9.17, 15) is 0 Å². The van der Waals surface area contributed by atoms with Gasteiger partial charge < -0.3 is 15.1 Å². The molecule has 0 aliphatic rings. The fourth-order valence-corrected chi connectivity index (χ4v) is 6.19. The van der Waals surface area contributed by atoms with Crippen molar-refractivity contribution in [3.05, 3.63) is 71.6 Å². The standard InChI is InChI=1S/C35H51N5S/c1-10-13-27(7)39(21-18-25(3)4)32-16-12-15-31(24-32)38-33-23-30(17-20-36-33)34-29(9)37-35(41-34)40(22-19-26(5)6)28(8)14-11-2/h12,15-20,23-24,27-28H,10-11,13-14,21-22H2,1-9H3,(H,36,38). The lowest BCUT2D eigenvalue weighted by atomic mass is 10.1. The SMILES string of the molecule is CCCC(C)N(CC=C(C)C)c1cccc(Nc2cc(-c3sc(N(CC=C(C)C)C(C)CCC)nc3C)ccn2)c1. The molecule has 0 amide bonds. The Bertz CT molecular complexity index is 1300. The molecule has 0 saturated heterocycles. The maximum atomic E-state index is 5.04. The van der Waals surface area contributed by atoms with E-state index in [4.69, 9.17) is 4.98 Å². The normalized spacial score (nSPS) is 12.4. The Morgan fingerprint density at radius 3 is 2.17 bits per heavy atom.